The van der Waals surface area contributed by atoms with Crippen molar-refractivity contribution in [2.45, 2.75) is 193 Å². The molecule has 0 aromatic carbocycles. The number of hydrogen-bond acceptors (Lipinski definition) is 8. The Hall–Kier alpha value is -6.13. The molecular weight excluding hydrogens is 1030 g/mol. The average molecular weight is 1140 g/mol. The molecule has 0 spiro atoms. The second kappa shape index (κ2) is 61.9. The van der Waals surface area contributed by atoms with E-state index < -0.39 is 30.3 Å². The summed E-state index contributed by atoms with van der Waals surface area (Å²) in [6, 6.07) is 0. The third-order valence-electron chi connectivity index (χ3n) is 12.0. The minimum absolute atomic E-state index is 0.120. The van der Waals surface area contributed by atoms with Gasteiger partial charge in [-0.2, -0.15) is 0 Å². The highest BCUT2D eigenvalue weighted by Crippen LogP contribution is 2.11. The van der Waals surface area contributed by atoms with Crippen LogP contribution in [-0.4, -0.2) is 82.3 Å². The first kappa shape index (κ1) is 76.9. The van der Waals surface area contributed by atoms with Crippen molar-refractivity contribution in [1.82, 2.24) is 0 Å². The smallest absolute Gasteiger partial charge is 0.306 e. The normalized spacial score (nSPS) is 14.2. The Bertz CT molecular complexity index is 2110. The SMILES string of the molecule is CC/C=C\C/C=C\C/C=C\C/C=C\C/C=C\C/C=C\C/C=C\C/C=C\C/C=C\CCCCCC(=O)OC(COC(=O)CCCC/C=C\C/C=C\C/C=C\C/C=C\C/C=C\C/C=C\C/C=C\C/C=C\CC)COC(OCC[N+](C)(C)C)C(=O)[O-]. The number of rotatable bonds is 54. The van der Waals surface area contributed by atoms with Crippen LogP contribution in [-0.2, 0) is 33.3 Å². The zero-order valence-corrected chi connectivity index (χ0v) is 52.2. The summed E-state index contributed by atoms with van der Waals surface area (Å²) < 4.78 is 22.6. The molecule has 0 rings (SSSR count). The fourth-order valence-corrected chi connectivity index (χ4v) is 7.31. The van der Waals surface area contributed by atoms with Gasteiger partial charge in [-0.05, 0) is 148 Å². The summed E-state index contributed by atoms with van der Waals surface area (Å²) in [7, 11) is 5.88. The van der Waals surface area contributed by atoms with Crippen molar-refractivity contribution in [3.8, 4) is 0 Å². The van der Waals surface area contributed by atoms with Crippen LogP contribution >= 0.6 is 0 Å². The molecule has 83 heavy (non-hydrogen) atoms. The molecule has 2 atom stereocenters. The van der Waals surface area contributed by atoms with Gasteiger partial charge in [0.05, 0.1) is 40.3 Å². The Kier molecular flexibility index (Phi) is 57.4. The minimum Gasteiger partial charge on any atom is -0.545 e. The van der Waals surface area contributed by atoms with Gasteiger partial charge in [0, 0.05) is 12.8 Å². The van der Waals surface area contributed by atoms with Gasteiger partial charge >= 0.3 is 11.9 Å². The third kappa shape index (κ3) is 63.3. The number of carbonyl (C=O) groups excluding carboxylic acids is 3. The van der Waals surface area contributed by atoms with Crippen molar-refractivity contribution in [2.75, 3.05) is 47.5 Å². The van der Waals surface area contributed by atoms with Crippen molar-refractivity contribution in [2.24, 2.45) is 0 Å². The van der Waals surface area contributed by atoms with Crippen molar-refractivity contribution >= 4 is 17.9 Å². The average Bonchev–Trinajstić information content (AvgIpc) is 3.46. The predicted molar refractivity (Wildman–Crippen MR) is 351 cm³/mol. The number of nitrogens with zero attached hydrogens (tertiary/aromatic N) is 1. The van der Waals surface area contributed by atoms with E-state index in [0.717, 1.165) is 141 Å². The van der Waals surface area contributed by atoms with E-state index in [1.807, 2.05) is 21.1 Å². The number of esters is 2. The van der Waals surface area contributed by atoms with Crippen LogP contribution in [0.1, 0.15) is 181 Å². The van der Waals surface area contributed by atoms with E-state index in [1.165, 1.54) is 0 Å². The Morgan fingerprint density at radius 1 is 0.361 bits per heavy atom. The van der Waals surface area contributed by atoms with Crippen LogP contribution in [0.5, 0.6) is 0 Å². The molecule has 0 aromatic heterocycles. The maximum absolute atomic E-state index is 12.9. The molecule has 0 saturated heterocycles. The summed E-state index contributed by atoms with van der Waals surface area (Å²) in [5.74, 6) is -2.42. The molecule has 0 radical (unpaired) electrons. The summed E-state index contributed by atoms with van der Waals surface area (Å²) in [6.07, 6.45) is 94.6. The first-order chi connectivity index (χ1) is 40.6. The number of allylic oxidation sites excluding steroid dienone is 34. The Morgan fingerprint density at radius 3 is 0.964 bits per heavy atom. The molecule has 0 bridgehead atoms. The lowest BCUT2D eigenvalue weighted by molar-refractivity contribution is -0.870. The van der Waals surface area contributed by atoms with Crippen molar-refractivity contribution in [3.05, 3.63) is 207 Å². The van der Waals surface area contributed by atoms with Crippen molar-refractivity contribution < 1.29 is 42.9 Å². The number of likely N-dealkylation sites (N-methyl/N-ethyl adjacent to an activating group) is 1. The number of hydrogen-bond donors (Lipinski definition) is 0. The number of carbonyl (C=O) groups is 3. The van der Waals surface area contributed by atoms with Crippen LogP contribution < -0.4 is 5.11 Å². The number of ether oxygens (including phenoxy) is 4. The zero-order valence-electron chi connectivity index (χ0n) is 52.2. The summed E-state index contributed by atoms with van der Waals surface area (Å²) in [5, 5.41) is 11.8. The van der Waals surface area contributed by atoms with E-state index >= 15 is 0 Å². The standard InChI is InChI=1S/C74H111NO8/c1-6-8-10-12-14-16-18-20-22-24-26-28-30-32-34-35-36-37-39-41-43-45-47-49-51-53-55-57-59-61-63-65-72(77)83-70(69-82-74(73(78)79)80-67-66-75(3,4)5)68-81-71(76)64-62-60-58-56-54-52-50-48-46-44-42-40-38-33-31-29-27-25-23-21-19-17-15-13-11-9-7-2/h8-11,14-17,20-23,26-29,32-34,36-38,41-44,47-50,53-56,70,74H,6-7,12-13,18-19,24-25,30-31,35,39-40,45-46,51-52,57-69H2,1-5H3/b10-8-,11-9-,16-14-,17-15-,22-20-,23-21-,28-26-,29-27-,34-32-,37-36-,38-33-,43-41-,44-42-,49-47-,50-48-,55-53-,56-54-. The van der Waals surface area contributed by atoms with E-state index in [2.05, 4.69) is 220 Å². The largest absolute Gasteiger partial charge is 0.545 e. The highest BCUT2D eigenvalue weighted by molar-refractivity contribution is 5.70. The lowest BCUT2D eigenvalue weighted by Crippen LogP contribution is -2.44. The minimum atomic E-state index is -1.66. The van der Waals surface area contributed by atoms with E-state index in [-0.39, 0.29) is 32.7 Å². The van der Waals surface area contributed by atoms with E-state index in [1.54, 1.807) is 0 Å². The van der Waals surface area contributed by atoms with Gasteiger partial charge in [-0.15, -0.1) is 0 Å². The molecule has 0 aliphatic carbocycles. The first-order valence-electron chi connectivity index (χ1n) is 31.2. The fourth-order valence-electron chi connectivity index (χ4n) is 7.31. The Balaban J connectivity index is 4.45. The third-order valence-corrected chi connectivity index (χ3v) is 12.0. The molecule has 0 saturated carbocycles. The number of carboxylic acids is 1. The highest BCUT2D eigenvalue weighted by atomic mass is 16.7. The molecule has 0 fully saturated rings. The predicted octanol–water partition coefficient (Wildman–Crippen LogP) is 17.9. The van der Waals surface area contributed by atoms with E-state index in [4.69, 9.17) is 18.9 Å². The molecule has 0 N–H and O–H groups in total. The van der Waals surface area contributed by atoms with Crippen LogP contribution in [0.25, 0.3) is 0 Å². The number of carboxylic acid groups (broad SMARTS) is 1. The van der Waals surface area contributed by atoms with Crippen LogP contribution in [0, 0.1) is 0 Å². The summed E-state index contributed by atoms with van der Waals surface area (Å²) >= 11 is 0. The van der Waals surface area contributed by atoms with Gasteiger partial charge in [0.1, 0.15) is 13.2 Å². The van der Waals surface area contributed by atoms with Gasteiger partial charge in [0.2, 0.25) is 0 Å². The Labute approximate surface area is 505 Å². The van der Waals surface area contributed by atoms with Gasteiger partial charge in [-0.3, -0.25) is 9.59 Å². The molecule has 9 heteroatoms. The van der Waals surface area contributed by atoms with Crippen LogP contribution in [0.2, 0.25) is 0 Å². The topological polar surface area (TPSA) is 111 Å². The molecule has 0 aliphatic rings. The molecule has 2 unspecified atom stereocenters. The number of aliphatic carboxylic acids is 1. The molecule has 0 aromatic rings. The summed E-state index contributed by atoms with van der Waals surface area (Å²) in [4.78, 5) is 37.4. The van der Waals surface area contributed by atoms with Crippen molar-refractivity contribution in [1.29, 1.82) is 0 Å². The van der Waals surface area contributed by atoms with Crippen LogP contribution in [0.4, 0.5) is 0 Å². The first-order valence-corrected chi connectivity index (χ1v) is 31.2. The van der Waals surface area contributed by atoms with Gasteiger partial charge in [-0.1, -0.05) is 227 Å². The zero-order chi connectivity index (χ0) is 60.5. The van der Waals surface area contributed by atoms with E-state index in [0.29, 0.717) is 23.9 Å². The lowest BCUT2D eigenvalue weighted by Gasteiger charge is -2.26. The summed E-state index contributed by atoms with van der Waals surface area (Å²) in [5.41, 5.74) is 0. The highest BCUT2D eigenvalue weighted by Gasteiger charge is 2.22. The molecular formula is C74H111NO8. The van der Waals surface area contributed by atoms with Gasteiger partial charge in [0.15, 0.2) is 12.4 Å². The fraction of sp³-hybridized carbons (Fsp3) is 0.500. The van der Waals surface area contributed by atoms with Crippen LogP contribution in [0.15, 0.2) is 207 Å². The summed E-state index contributed by atoms with van der Waals surface area (Å²) in [6.45, 7) is 4.38. The molecule has 460 valence electrons. The maximum Gasteiger partial charge on any atom is 0.306 e. The second-order valence-corrected chi connectivity index (χ2v) is 20.9. The van der Waals surface area contributed by atoms with Gasteiger partial charge in [0.25, 0.3) is 0 Å². The van der Waals surface area contributed by atoms with Gasteiger partial charge in [-0.25, -0.2) is 0 Å². The Morgan fingerprint density at radius 2 is 0.651 bits per heavy atom. The quantitative estimate of drug-likeness (QED) is 0.0195. The molecule has 0 amide bonds. The lowest BCUT2D eigenvalue weighted by atomic mass is 10.1. The van der Waals surface area contributed by atoms with Gasteiger partial charge < -0.3 is 33.3 Å². The molecule has 0 heterocycles. The maximum atomic E-state index is 12.9. The number of unbranched alkanes of at least 4 members (excludes halogenated alkanes) is 5. The second-order valence-electron chi connectivity index (χ2n) is 20.9. The van der Waals surface area contributed by atoms with Crippen molar-refractivity contribution in [3.63, 3.8) is 0 Å². The van der Waals surface area contributed by atoms with Crippen LogP contribution in [0.3, 0.4) is 0 Å². The van der Waals surface area contributed by atoms with E-state index in [9.17, 15) is 19.5 Å². The molecule has 9 nitrogen and oxygen atoms in total. The monoisotopic (exact) mass is 1140 g/mol. The molecule has 0 aliphatic heterocycles. The number of quaternary nitrogens is 1.